The Morgan fingerprint density at radius 2 is 1.88 bits per heavy atom. The van der Waals surface area contributed by atoms with Gasteiger partial charge in [-0.05, 0) is 76.3 Å². The molecule has 0 saturated heterocycles. The lowest BCUT2D eigenvalue weighted by Gasteiger charge is -2.18. The van der Waals surface area contributed by atoms with Crippen molar-refractivity contribution in [2.45, 2.75) is 26.4 Å². The predicted molar refractivity (Wildman–Crippen MR) is 125 cm³/mol. The van der Waals surface area contributed by atoms with Crippen molar-refractivity contribution in [3.05, 3.63) is 58.4 Å². The van der Waals surface area contributed by atoms with Gasteiger partial charge in [0.25, 0.3) is 5.91 Å². The molecule has 1 aromatic heterocycles. The monoisotopic (exact) mass is 438 g/mol. The number of hydrogen-bond acceptors (Lipinski definition) is 6. The zero-order valence-corrected chi connectivity index (χ0v) is 19.2. The zero-order valence-electron chi connectivity index (χ0n) is 19.2. The van der Waals surface area contributed by atoms with E-state index in [4.69, 9.17) is 13.9 Å². The molecule has 1 heterocycles. The van der Waals surface area contributed by atoms with Crippen LogP contribution in [-0.4, -0.2) is 51.2 Å². The summed E-state index contributed by atoms with van der Waals surface area (Å²) >= 11 is 0. The van der Waals surface area contributed by atoms with Crippen molar-refractivity contribution in [3.8, 4) is 22.6 Å². The molecule has 2 aromatic carbocycles. The summed E-state index contributed by atoms with van der Waals surface area (Å²) in [6.07, 6.45) is 0.182. The molecule has 0 aliphatic heterocycles. The summed E-state index contributed by atoms with van der Waals surface area (Å²) in [5.41, 5.74) is 2.30. The fourth-order valence-electron chi connectivity index (χ4n) is 3.47. The number of amides is 1. The first-order chi connectivity index (χ1) is 15.3. The molecule has 0 unspecified atom stereocenters. The Morgan fingerprint density at radius 1 is 1.16 bits per heavy atom. The van der Waals surface area contributed by atoms with Crippen LogP contribution in [0.25, 0.3) is 22.1 Å². The first-order valence-electron chi connectivity index (χ1n) is 10.6. The van der Waals surface area contributed by atoms with E-state index in [1.54, 1.807) is 20.1 Å². The molecular formula is C25H30N2O5. The number of nitrogens with one attached hydrogen (secondary N) is 1. The van der Waals surface area contributed by atoms with Gasteiger partial charge in [-0.25, -0.2) is 4.79 Å². The van der Waals surface area contributed by atoms with Crippen LogP contribution in [0, 0.1) is 6.92 Å². The highest BCUT2D eigenvalue weighted by Crippen LogP contribution is 2.34. The molecule has 7 nitrogen and oxygen atoms in total. The quantitative estimate of drug-likeness (QED) is 0.406. The van der Waals surface area contributed by atoms with Gasteiger partial charge in [-0.15, -0.1) is 0 Å². The van der Waals surface area contributed by atoms with Gasteiger partial charge in [-0.3, -0.25) is 4.79 Å². The highest BCUT2D eigenvalue weighted by Gasteiger charge is 2.18. The van der Waals surface area contributed by atoms with Crippen molar-refractivity contribution < 1.29 is 18.7 Å². The fourth-order valence-corrected chi connectivity index (χ4v) is 3.47. The van der Waals surface area contributed by atoms with Gasteiger partial charge in [0.15, 0.2) is 6.10 Å². The van der Waals surface area contributed by atoms with Crippen LogP contribution >= 0.6 is 0 Å². The number of methoxy groups -OCH3 is 1. The van der Waals surface area contributed by atoms with Crippen molar-refractivity contribution in [2.75, 3.05) is 34.3 Å². The second-order valence-electron chi connectivity index (χ2n) is 7.98. The van der Waals surface area contributed by atoms with Crippen LogP contribution < -0.4 is 20.4 Å². The maximum Gasteiger partial charge on any atom is 0.336 e. The molecular weight excluding hydrogens is 408 g/mol. The van der Waals surface area contributed by atoms with E-state index in [1.165, 1.54) is 6.07 Å². The highest BCUT2D eigenvalue weighted by atomic mass is 16.5. The normalized spacial score (nSPS) is 12.1. The summed E-state index contributed by atoms with van der Waals surface area (Å²) < 4.78 is 16.6. The van der Waals surface area contributed by atoms with Gasteiger partial charge >= 0.3 is 5.63 Å². The lowest BCUT2D eigenvalue weighted by atomic mass is 10.00. The van der Waals surface area contributed by atoms with Gasteiger partial charge in [0.05, 0.1) is 7.11 Å². The summed E-state index contributed by atoms with van der Waals surface area (Å²) in [5, 5.41) is 3.68. The Bertz CT molecular complexity index is 1140. The molecule has 0 bridgehead atoms. The third-order valence-electron chi connectivity index (χ3n) is 5.27. The maximum absolute atomic E-state index is 12.4. The summed E-state index contributed by atoms with van der Waals surface area (Å²) in [5.74, 6) is 1.06. The zero-order chi connectivity index (χ0) is 23.3. The summed E-state index contributed by atoms with van der Waals surface area (Å²) in [7, 11) is 5.60. The fraction of sp³-hybridized carbons (Fsp3) is 0.360. The number of carbonyl (C=O) groups excluding carboxylic acids is 1. The molecule has 0 saturated carbocycles. The highest BCUT2D eigenvalue weighted by molar-refractivity contribution is 5.95. The summed E-state index contributed by atoms with van der Waals surface area (Å²) in [6, 6.07) is 12.6. The van der Waals surface area contributed by atoms with Gasteiger partial charge < -0.3 is 24.1 Å². The Labute approximate surface area is 187 Å². The van der Waals surface area contributed by atoms with Crippen LogP contribution in [0.3, 0.4) is 0 Å². The molecule has 0 aliphatic carbocycles. The van der Waals surface area contributed by atoms with Crippen molar-refractivity contribution in [1.82, 2.24) is 10.2 Å². The molecule has 3 rings (SSSR count). The number of nitrogens with zero attached hydrogens (tertiary/aromatic N) is 1. The summed E-state index contributed by atoms with van der Waals surface area (Å²) in [6.45, 7) is 5.01. The molecule has 0 radical (unpaired) electrons. The minimum Gasteiger partial charge on any atom is -0.497 e. The Kier molecular flexibility index (Phi) is 7.53. The second kappa shape index (κ2) is 10.3. The topological polar surface area (TPSA) is 81.0 Å². The number of hydrogen-bond donors (Lipinski definition) is 1. The first kappa shape index (κ1) is 23.3. The molecule has 0 fully saturated rings. The molecule has 170 valence electrons. The third kappa shape index (κ3) is 5.48. The third-order valence-corrected chi connectivity index (χ3v) is 5.27. The minimum atomic E-state index is -0.679. The number of fused-ring (bicyclic) bond motifs is 1. The van der Waals surface area contributed by atoms with Crippen LogP contribution in [0.2, 0.25) is 0 Å². The Hall–Kier alpha value is -3.32. The molecule has 1 N–H and O–H groups in total. The summed E-state index contributed by atoms with van der Waals surface area (Å²) in [4.78, 5) is 26.7. The number of carbonyl (C=O) groups is 1. The SMILES string of the molecule is COc1ccc(-c2cc(=O)oc3c(C)c(O[C@H](C)C(=O)NCCCN(C)C)ccc23)cc1. The smallest absolute Gasteiger partial charge is 0.336 e. The van der Waals surface area contributed by atoms with Crippen LogP contribution in [0.5, 0.6) is 11.5 Å². The molecule has 3 aromatic rings. The van der Waals surface area contributed by atoms with E-state index in [1.807, 2.05) is 51.4 Å². The van der Waals surface area contributed by atoms with Gasteiger partial charge in [-0.2, -0.15) is 0 Å². The number of ether oxygens (including phenoxy) is 2. The van der Waals surface area contributed by atoms with Gasteiger partial charge in [-0.1, -0.05) is 12.1 Å². The molecule has 0 spiro atoms. The first-order valence-corrected chi connectivity index (χ1v) is 10.6. The van der Waals surface area contributed by atoms with E-state index in [9.17, 15) is 9.59 Å². The van der Waals surface area contributed by atoms with Gasteiger partial charge in [0, 0.05) is 23.6 Å². The van der Waals surface area contributed by atoms with E-state index >= 15 is 0 Å². The van der Waals surface area contributed by atoms with E-state index < -0.39 is 11.7 Å². The molecule has 1 amide bonds. The molecule has 7 heteroatoms. The van der Waals surface area contributed by atoms with Gasteiger partial charge in [0.1, 0.15) is 17.1 Å². The molecule has 0 aliphatic rings. The Morgan fingerprint density at radius 3 is 2.53 bits per heavy atom. The van der Waals surface area contributed by atoms with Crippen LogP contribution in [0.15, 0.2) is 51.7 Å². The van der Waals surface area contributed by atoms with Crippen LogP contribution in [-0.2, 0) is 4.79 Å². The second-order valence-corrected chi connectivity index (χ2v) is 7.98. The average Bonchev–Trinajstić information content (AvgIpc) is 2.78. The predicted octanol–water partition coefficient (Wildman–Crippen LogP) is 3.61. The van der Waals surface area contributed by atoms with E-state index in [0.29, 0.717) is 23.4 Å². The number of aryl methyl sites for hydroxylation is 1. The van der Waals surface area contributed by atoms with Crippen molar-refractivity contribution in [1.29, 1.82) is 0 Å². The van der Waals surface area contributed by atoms with Crippen molar-refractivity contribution in [2.24, 2.45) is 0 Å². The average molecular weight is 439 g/mol. The lowest BCUT2D eigenvalue weighted by molar-refractivity contribution is -0.127. The van der Waals surface area contributed by atoms with Crippen LogP contribution in [0.1, 0.15) is 18.9 Å². The number of rotatable bonds is 9. The minimum absolute atomic E-state index is 0.184. The Balaban J connectivity index is 1.83. The lowest BCUT2D eigenvalue weighted by Crippen LogP contribution is -2.37. The van der Waals surface area contributed by atoms with Crippen molar-refractivity contribution >= 4 is 16.9 Å². The number of benzene rings is 2. The standard InChI is InChI=1S/C25H30N2O5/c1-16-22(31-17(2)25(29)26-13-6-14-27(3)4)12-11-20-21(15-23(28)32-24(16)20)18-7-9-19(30-5)10-8-18/h7-12,15,17H,6,13-14H2,1-5H3,(H,26,29)/t17-/m1/s1. The largest absolute Gasteiger partial charge is 0.497 e. The molecule has 1 atom stereocenters. The van der Waals surface area contributed by atoms with E-state index in [2.05, 4.69) is 10.2 Å². The van der Waals surface area contributed by atoms with E-state index in [0.717, 1.165) is 35.2 Å². The van der Waals surface area contributed by atoms with Crippen molar-refractivity contribution in [3.63, 3.8) is 0 Å². The van der Waals surface area contributed by atoms with Crippen LogP contribution in [0.4, 0.5) is 0 Å². The maximum atomic E-state index is 12.4. The van der Waals surface area contributed by atoms with E-state index in [-0.39, 0.29) is 5.91 Å². The van der Waals surface area contributed by atoms with Gasteiger partial charge in [0.2, 0.25) is 0 Å². The molecule has 32 heavy (non-hydrogen) atoms.